The Morgan fingerprint density at radius 2 is 2.29 bits per heavy atom. The predicted octanol–water partition coefficient (Wildman–Crippen LogP) is 0.926. The maximum Gasteiger partial charge on any atom is 0.263 e. The highest BCUT2D eigenvalue weighted by Crippen LogP contribution is 2.02. The summed E-state index contributed by atoms with van der Waals surface area (Å²) in [6.07, 6.45) is 5.64. The van der Waals surface area contributed by atoms with Gasteiger partial charge in [-0.05, 0) is 6.42 Å². The van der Waals surface area contributed by atoms with Crippen LogP contribution in [0.25, 0.3) is 0 Å². The standard InChI is InChI=1S/C9H10N4O/c1-2-6-5-12-9(13-6)7(14)8-10-3-4-11-8/h3-5H,2H2,1H3,(H,10,11)(H,12,13). The van der Waals surface area contributed by atoms with Crippen molar-refractivity contribution in [3.05, 3.63) is 35.9 Å². The Hall–Kier alpha value is -1.91. The first kappa shape index (κ1) is 8.68. The van der Waals surface area contributed by atoms with Gasteiger partial charge in [0.05, 0.1) is 0 Å². The molecule has 0 saturated carbocycles. The normalized spacial score (nSPS) is 10.4. The van der Waals surface area contributed by atoms with E-state index in [1.165, 1.54) is 6.20 Å². The van der Waals surface area contributed by atoms with Crippen LogP contribution in [-0.4, -0.2) is 25.7 Å². The molecule has 5 nitrogen and oxygen atoms in total. The van der Waals surface area contributed by atoms with Crippen molar-refractivity contribution in [2.75, 3.05) is 0 Å². The molecule has 0 amide bonds. The molecule has 0 atom stereocenters. The number of carbonyl (C=O) groups is 1. The second kappa shape index (κ2) is 3.45. The lowest BCUT2D eigenvalue weighted by atomic mass is 10.3. The number of aromatic amines is 2. The summed E-state index contributed by atoms with van der Waals surface area (Å²) < 4.78 is 0. The van der Waals surface area contributed by atoms with Gasteiger partial charge in [0.25, 0.3) is 5.78 Å². The van der Waals surface area contributed by atoms with Crippen LogP contribution in [0.15, 0.2) is 18.6 Å². The number of H-pyrrole nitrogens is 2. The number of aromatic nitrogens is 4. The fraction of sp³-hybridized carbons (Fsp3) is 0.222. The lowest BCUT2D eigenvalue weighted by Crippen LogP contribution is -2.05. The summed E-state index contributed by atoms with van der Waals surface area (Å²) in [5.74, 6) is 0.425. The van der Waals surface area contributed by atoms with Gasteiger partial charge in [0, 0.05) is 24.3 Å². The lowest BCUT2D eigenvalue weighted by Gasteiger charge is -1.91. The molecule has 0 fully saturated rings. The third-order valence-electron chi connectivity index (χ3n) is 1.94. The summed E-state index contributed by atoms with van der Waals surface area (Å²) in [5, 5.41) is 0. The van der Waals surface area contributed by atoms with E-state index >= 15 is 0 Å². The third kappa shape index (κ3) is 1.44. The molecule has 0 radical (unpaired) electrons. The van der Waals surface area contributed by atoms with Crippen LogP contribution in [0.4, 0.5) is 0 Å². The number of ketones is 1. The number of hydrogen-bond donors (Lipinski definition) is 2. The van der Waals surface area contributed by atoms with Crippen LogP contribution < -0.4 is 0 Å². The SMILES string of the molecule is CCc1cnc(C(=O)c2ncc[nH]2)[nH]1. The highest BCUT2D eigenvalue weighted by Gasteiger charge is 2.14. The predicted molar refractivity (Wildman–Crippen MR) is 50.0 cm³/mol. The molecule has 2 aromatic heterocycles. The maximum absolute atomic E-state index is 11.6. The Morgan fingerprint density at radius 3 is 2.86 bits per heavy atom. The first-order valence-corrected chi connectivity index (χ1v) is 4.39. The summed E-state index contributed by atoms with van der Waals surface area (Å²) in [5.41, 5.74) is 0.944. The second-order valence-corrected chi connectivity index (χ2v) is 2.88. The van der Waals surface area contributed by atoms with E-state index in [1.54, 1.807) is 12.4 Å². The number of carbonyl (C=O) groups excluding carboxylic acids is 1. The van der Waals surface area contributed by atoms with Gasteiger partial charge in [-0.1, -0.05) is 6.92 Å². The summed E-state index contributed by atoms with van der Waals surface area (Å²) in [6, 6.07) is 0. The zero-order chi connectivity index (χ0) is 9.97. The van der Waals surface area contributed by atoms with Crippen molar-refractivity contribution in [1.82, 2.24) is 19.9 Å². The number of imidazole rings is 2. The van der Waals surface area contributed by atoms with Crippen molar-refractivity contribution in [1.29, 1.82) is 0 Å². The zero-order valence-corrected chi connectivity index (χ0v) is 7.74. The van der Waals surface area contributed by atoms with Crippen molar-refractivity contribution in [2.24, 2.45) is 0 Å². The number of rotatable bonds is 3. The average molecular weight is 190 g/mol. The smallest absolute Gasteiger partial charge is 0.263 e. The molecule has 0 bridgehead atoms. The van der Waals surface area contributed by atoms with Gasteiger partial charge in [-0.25, -0.2) is 9.97 Å². The molecule has 0 saturated heterocycles. The molecule has 0 unspecified atom stereocenters. The van der Waals surface area contributed by atoms with Crippen molar-refractivity contribution < 1.29 is 4.79 Å². The van der Waals surface area contributed by atoms with Crippen LogP contribution in [0.2, 0.25) is 0 Å². The zero-order valence-electron chi connectivity index (χ0n) is 7.74. The highest BCUT2D eigenvalue weighted by molar-refractivity contribution is 6.03. The van der Waals surface area contributed by atoms with E-state index in [-0.39, 0.29) is 5.78 Å². The summed E-state index contributed by atoms with van der Waals surface area (Å²) in [7, 11) is 0. The van der Waals surface area contributed by atoms with Gasteiger partial charge in [0.2, 0.25) is 0 Å². The van der Waals surface area contributed by atoms with Crippen molar-refractivity contribution in [2.45, 2.75) is 13.3 Å². The first-order valence-electron chi connectivity index (χ1n) is 4.39. The van der Waals surface area contributed by atoms with Gasteiger partial charge in [-0.2, -0.15) is 0 Å². The molecule has 2 rings (SSSR count). The van der Waals surface area contributed by atoms with E-state index in [9.17, 15) is 4.79 Å². The van der Waals surface area contributed by atoms with Crippen LogP contribution in [0.3, 0.4) is 0 Å². The summed E-state index contributed by atoms with van der Waals surface area (Å²) >= 11 is 0. The van der Waals surface area contributed by atoms with Crippen molar-refractivity contribution in [3.8, 4) is 0 Å². The van der Waals surface area contributed by atoms with Gasteiger partial charge < -0.3 is 9.97 Å². The molecule has 0 aliphatic heterocycles. The van der Waals surface area contributed by atoms with E-state index in [0.29, 0.717) is 11.6 Å². The Balaban J connectivity index is 2.28. The van der Waals surface area contributed by atoms with Crippen molar-refractivity contribution in [3.63, 3.8) is 0 Å². The molecule has 72 valence electrons. The highest BCUT2D eigenvalue weighted by atomic mass is 16.1. The lowest BCUT2D eigenvalue weighted by molar-refractivity contribution is 0.102. The Morgan fingerprint density at radius 1 is 1.43 bits per heavy atom. The summed E-state index contributed by atoms with van der Waals surface area (Å²) in [4.78, 5) is 25.2. The quantitative estimate of drug-likeness (QED) is 0.707. The molecule has 5 heteroatoms. The molecule has 0 aliphatic rings. The number of hydrogen-bond acceptors (Lipinski definition) is 3. The van der Waals surface area contributed by atoms with Crippen LogP contribution in [0.1, 0.15) is 29.1 Å². The minimum atomic E-state index is -0.213. The van der Waals surface area contributed by atoms with Gasteiger partial charge >= 0.3 is 0 Å². The topological polar surface area (TPSA) is 74.4 Å². The van der Waals surface area contributed by atoms with Gasteiger partial charge in [0.15, 0.2) is 11.6 Å². The molecule has 2 N–H and O–H groups in total. The molecule has 2 aromatic rings. The van der Waals surface area contributed by atoms with Crippen LogP contribution in [0, 0.1) is 0 Å². The number of aryl methyl sites for hydroxylation is 1. The largest absolute Gasteiger partial charge is 0.342 e. The van der Waals surface area contributed by atoms with E-state index < -0.39 is 0 Å². The van der Waals surface area contributed by atoms with E-state index in [1.807, 2.05) is 6.92 Å². The van der Waals surface area contributed by atoms with Crippen LogP contribution >= 0.6 is 0 Å². The summed E-state index contributed by atoms with van der Waals surface area (Å²) in [6.45, 7) is 1.99. The fourth-order valence-corrected chi connectivity index (χ4v) is 1.16. The Labute approximate surface area is 80.6 Å². The molecule has 0 aromatic carbocycles. The van der Waals surface area contributed by atoms with Gasteiger partial charge in [-0.3, -0.25) is 4.79 Å². The van der Waals surface area contributed by atoms with E-state index in [4.69, 9.17) is 0 Å². The van der Waals surface area contributed by atoms with E-state index in [2.05, 4.69) is 19.9 Å². The minimum absolute atomic E-state index is 0.213. The molecular formula is C9H10N4O. The molecule has 0 aliphatic carbocycles. The molecule has 0 spiro atoms. The van der Waals surface area contributed by atoms with Gasteiger partial charge in [0.1, 0.15) is 0 Å². The second-order valence-electron chi connectivity index (χ2n) is 2.88. The first-order chi connectivity index (χ1) is 6.81. The van der Waals surface area contributed by atoms with Crippen LogP contribution in [-0.2, 0) is 6.42 Å². The Kier molecular flexibility index (Phi) is 2.14. The maximum atomic E-state index is 11.6. The minimum Gasteiger partial charge on any atom is -0.342 e. The molecule has 14 heavy (non-hydrogen) atoms. The number of nitrogens with one attached hydrogen (secondary N) is 2. The van der Waals surface area contributed by atoms with Gasteiger partial charge in [-0.15, -0.1) is 0 Å². The van der Waals surface area contributed by atoms with Crippen LogP contribution in [0.5, 0.6) is 0 Å². The van der Waals surface area contributed by atoms with E-state index in [0.717, 1.165) is 12.1 Å². The monoisotopic (exact) mass is 190 g/mol. The third-order valence-corrected chi connectivity index (χ3v) is 1.94. The molecule has 2 heterocycles. The Bertz CT molecular complexity index is 429. The average Bonchev–Trinajstić information content (AvgIpc) is 2.88. The fourth-order valence-electron chi connectivity index (χ4n) is 1.16. The van der Waals surface area contributed by atoms with Crippen molar-refractivity contribution >= 4 is 5.78 Å². The molecular weight excluding hydrogens is 180 g/mol. The number of nitrogens with zero attached hydrogens (tertiary/aromatic N) is 2.